The fourth-order valence-electron chi connectivity index (χ4n) is 3.30. The van der Waals surface area contributed by atoms with Gasteiger partial charge in [-0.2, -0.15) is 5.10 Å². The zero-order valence-electron chi connectivity index (χ0n) is 16.5. The van der Waals surface area contributed by atoms with Crippen molar-refractivity contribution in [3.8, 4) is 5.75 Å². The number of nitrogens with one attached hydrogen (secondary N) is 1. The number of phenolic OH excluding ortho intramolecular Hbond substituents is 1. The summed E-state index contributed by atoms with van der Waals surface area (Å²) in [6, 6.07) is 9.49. The SMILES string of the molecule is C=CCc1cccc(/C=N/NC(=O)CN2CCN(Cc3ccncc3)CC2)c1O. The van der Waals surface area contributed by atoms with Crippen molar-refractivity contribution in [1.29, 1.82) is 0 Å². The lowest BCUT2D eigenvalue weighted by atomic mass is 10.1. The molecular weight excluding hydrogens is 366 g/mol. The lowest BCUT2D eigenvalue weighted by Crippen LogP contribution is -2.48. The molecule has 2 aromatic rings. The van der Waals surface area contributed by atoms with Gasteiger partial charge in [0.2, 0.25) is 0 Å². The highest BCUT2D eigenvalue weighted by Crippen LogP contribution is 2.21. The summed E-state index contributed by atoms with van der Waals surface area (Å²) in [5.41, 5.74) is 5.14. The number of phenols is 1. The molecule has 152 valence electrons. The first-order chi connectivity index (χ1) is 14.2. The van der Waals surface area contributed by atoms with Crippen LogP contribution >= 0.6 is 0 Å². The van der Waals surface area contributed by atoms with Crippen LogP contribution in [0, 0.1) is 0 Å². The monoisotopic (exact) mass is 393 g/mol. The maximum Gasteiger partial charge on any atom is 0.254 e. The highest BCUT2D eigenvalue weighted by atomic mass is 16.3. The number of nitrogens with zero attached hydrogens (tertiary/aromatic N) is 4. The van der Waals surface area contributed by atoms with Crippen LogP contribution in [0.5, 0.6) is 5.75 Å². The van der Waals surface area contributed by atoms with Crippen molar-refractivity contribution in [3.05, 3.63) is 72.1 Å². The van der Waals surface area contributed by atoms with E-state index in [0.717, 1.165) is 38.3 Å². The molecule has 0 atom stereocenters. The van der Waals surface area contributed by atoms with E-state index in [1.807, 2.05) is 36.7 Å². The average Bonchev–Trinajstić information content (AvgIpc) is 2.73. The quantitative estimate of drug-likeness (QED) is 0.406. The van der Waals surface area contributed by atoms with Gasteiger partial charge >= 0.3 is 0 Å². The lowest BCUT2D eigenvalue weighted by molar-refractivity contribution is -0.122. The highest BCUT2D eigenvalue weighted by Gasteiger charge is 2.18. The molecule has 1 aliphatic heterocycles. The van der Waals surface area contributed by atoms with Crippen molar-refractivity contribution in [2.75, 3.05) is 32.7 Å². The average molecular weight is 393 g/mol. The number of hydrazone groups is 1. The molecule has 1 aromatic heterocycles. The number of benzene rings is 1. The first-order valence-corrected chi connectivity index (χ1v) is 9.73. The molecule has 0 bridgehead atoms. The zero-order chi connectivity index (χ0) is 20.5. The third-order valence-corrected chi connectivity index (χ3v) is 4.90. The van der Waals surface area contributed by atoms with Crippen molar-refractivity contribution in [3.63, 3.8) is 0 Å². The van der Waals surface area contributed by atoms with Gasteiger partial charge in [0.05, 0.1) is 12.8 Å². The number of rotatable bonds is 8. The normalized spacial score (nSPS) is 15.4. The third kappa shape index (κ3) is 6.23. The molecule has 7 nitrogen and oxygen atoms in total. The van der Waals surface area contributed by atoms with Gasteiger partial charge in [-0.3, -0.25) is 19.6 Å². The van der Waals surface area contributed by atoms with Crippen LogP contribution in [0.1, 0.15) is 16.7 Å². The molecule has 1 aromatic carbocycles. The van der Waals surface area contributed by atoms with E-state index in [4.69, 9.17) is 0 Å². The van der Waals surface area contributed by atoms with Gasteiger partial charge in [0.1, 0.15) is 5.75 Å². The number of para-hydroxylation sites is 1. The molecule has 1 aliphatic rings. The highest BCUT2D eigenvalue weighted by molar-refractivity contribution is 5.86. The molecule has 1 saturated heterocycles. The molecule has 0 radical (unpaired) electrons. The van der Waals surface area contributed by atoms with Crippen LogP contribution in [0.4, 0.5) is 0 Å². The molecule has 7 heteroatoms. The van der Waals surface area contributed by atoms with E-state index in [0.29, 0.717) is 18.5 Å². The van der Waals surface area contributed by atoms with Crippen molar-refractivity contribution in [2.24, 2.45) is 5.10 Å². The second kappa shape index (κ2) is 10.5. The fraction of sp³-hybridized carbons (Fsp3) is 0.318. The minimum atomic E-state index is -0.162. The first kappa shape index (κ1) is 20.7. The van der Waals surface area contributed by atoms with Crippen LogP contribution in [-0.2, 0) is 17.8 Å². The first-order valence-electron chi connectivity index (χ1n) is 9.73. The van der Waals surface area contributed by atoms with Gasteiger partial charge in [0.15, 0.2) is 0 Å². The summed E-state index contributed by atoms with van der Waals surface area (Å²) in [7, 11) is 0. The van der Waals surface area contributed by atoms with Crippen LogP contribution in [-0.4, -0.2) is 64.7 Å². The number of hydrogen-bond donors (Lipinski definition) is 2. The molecule has 0 spiro atoms. The number of carbonyl (C=O) groups excluding carboxylic acids is 1. The van der Waals surface area contributed by atoms with Gasteiger partial charge < -0.3 is 5.11 Å². The van der Waals surface area contributed by atoms with Crippen molar-refractivity contribution in [1.82, 2.24) is 20.2 Å². The molecule has 0 aliphatic carbocycles. The van der Waals surface area contributed by atoms with E-state index in [2.05, 4.69) is 31.9 Å². The van der Waals surface area contributed by atoms with Gasteiger partial charge in [0.25, 0.3) is 5.91 Å². The van der Waals surface area contributed by atoms with E-state index in [9.17, 15) is 9.90 Å². The molecule has 3 rings (SSSR count). The molecule has 1 fully saturated rings. The molecule has 2 heterocycles. The Kier molecular flexibility index (Phi) is 7.49. The molecule has 2 N–H and O–H groups in total. The minimum Gasteiger partial charge on any atom is -0.507 e. The van der Waals surface area contributed by atoms with Gasteiger partial charge in [-0.05, 0) is 35.7 Å². The standard InChI is InChI=1S/C22H27N5O2/c1-2-4-19-5-3-6-20(22(19)29)15-24-25-21(28)17-27-13-11-26(12-14-27)16-18-7-9-23-10-8-18/h2-3,5-10,15,29H,1,4,11-14,16-17H2,(H,25,28)/b24-15+. The number of aromatic hydroxyl groups is 1. The Hall–Kier alpha value is -3.03. The van der Waals surface area contributed by atoms with E-state index >= 15 is 0 Å². The Morgan fingerprint density at radius 3 is 2.62 bits per heavy atom. The molecule has 29 heavy (non-hydrogen) atoms. The number of amides is 1. The van der Waals surface area contributed by atoms with Crippen LogP contribution in [0.2, 0.25) is 0 Å². The van der Waals surface area contributed by atoms with Crippen molar-refractivity contribution < 1.29 is 9.90 Å². The maximum atomic E-state index is 12.2. The maximum absolute atomic E-state index is 12.2. The Balaban J connectivity index is 1.42. The van der Waals surface area contributed by atoms with Gasteiger partial charge in [-0.1, -0.05) is 18.2 Å². The minimum absolute atomic E-state index is 0.162. The summed E-state index contributed by atoms with van der Waals surface area (Å²) in [6.45, 7) is 8.41. The van der Waals surface area contributed by atoms with Crippen LogP contribution < -0.4 is 5.43 Å². The van der Waals surface area contributed by atoms with E-state index < -0.39 is 0 Å². The Morgan fingerprint density at radius 1 is 1.17 bits per heavy atom. The summed E-state index contributed by atoms with van der Waals surface area (Å²) >= 11 is 0. The van der Waals surface area contributed by atoms with Crippen LogP contribution in [0.25, 0.3) is 0 Å². The van der Waals surface area contributed by atoms with E-state index in [1.165, 1.54) is 11.8 Å². The summed E-state index contributed by atoms with van der Waals surface area (Å²) in [6.07, 6.45) is 7.39. The number of aromatic nitrogens is 1. The van der Waals surface area contributed by atoms with Crippen LogP contribution in [0.15, 0.2) is 60.5 Å². The van der Waals surface area contributed by atoms with Gasteiger partial charge in [0, 0.05) is 50.7 Å². The number of pyridine rings is 1. The van der Waals surface area contributed by atoms with Crippen LogP contribution in [0.3, 0.4) is 0 Å². The Labute approximate surface area is 171 Å². The van der Waals surface area contributed by atoms with Crippen molar-refractivity contribution >= 4 is 12.1 Å². The number of piperazine rings is 1. The molecular formula is C22H27N5O2. The Bertz CT molecular complexity index is 846. The number of carbonyl (C=O) groups is 1. The molecule has 1 amide bonds. The number of hydrogen-bond acceptors (Lipinski definition) is 6. The van der Waals surface area contributed by atoms with E-state index in [1.54, 1.807) is 12.1 Å². The molecule has 0 unspecified atom stereocenters. The second-order valence-electron chi connectivity index (χ2n) is 7.05. The summed E-state index contributed by atoms with van der Waals surface area (Å²) in [5.74, 6) is 0.00119. The predicted molar refractivity (Wildman–Crippen MR) is 114 cm³/mol. The smallest absolute Gasteiger partial charge is 0.254 e. The predicted octanol–water partition coefficient (Wildman–Crippen LogP) is 1.78. The van der Waals surface area contributed by atoms with Gasteiger partial charge in [-0.25, -0.2) is 5.43 Å². The fourth-order valence-corrected chi connectivity index (χ4v) is 3.30. The summed E-state index contributed by atoms with van der Waals surface area (Å²) < 4.78 is 0. The lowest BCUT2D eigenvalue weighted by Gasteiger charge is -2.34. The zero-order valence-corrected chi connectivity index (χ0v) is 16.5. The van der Waals surface area contributed by atoms with E-state index in [-0.39, 0.29) is 11.7 Å². The third-order valence-electron chi connectivity index (χ3n) is 4.90. The number of allylic oxidation sites excluding steroid dienone is 1. The second-order valence-corrected chi connectivity index (χ2v) is 7.05. The topological polar surface area (TPSA) is 81.1 Å². The van der Waals surface area contributed by atoms with Gasteiger partial charge in [-0.15, -0.1) is 6.58 Å². The summed E-state index contributed by atoms with van der Waals surface area (Å²) in [4.78, 5) is 20.7. The molecule has 0 saturated carbocycles. The van der Waals surface area contributed by atoms with Crippen molar-refractivity contribution in [2.45, 2.75) is 13.0 Å². The largest absolute Gasteiger partial charge is 0.507 e. The summed E-state index contributed by atoms with van der Waals surface area (Å²) in [5, 5.41) is 14.2. The Morgan fingerprint density at radius 2 is 1.90 bits per heavy atom.